The summed E-state index contributed by atoms with van der Waals surface area (Å²) in [6.07, 6.45) is 2.84. The largest absolute Gasteiger partial charge is 0.346 e. The summed E-state index contributed by atoms with van der Waals surface area (Å²) in [5.41, 5.74) is 1.14. The van der Waals surface area contributed by atoms with Crippen LogP contribution < -0.4 is 0 Å². The summed E-state index contributed by atoms with van der Waals surface area (Å²) in [5.74, 6) is 1.07. The zero-order valence-corrected chi connectivity index (χ0v) is 5.23. The minimum atomic E-state index is 0. The van der Waals surface area contributed by atoms with Crippen molar-refractivity contribution < 1.29 is 1.43 Å². The lowest BCUT2D eigenvalue weighted by atomic mass is 10.5. The summed E-state index contributed by atoms with van der Waals surface area (Å²) >= 11 is 0. The average Bonchev–Trinajstić information content (AvgIpc) is 2.14. The van der Waals surface area contributed by atoms with E-state index >= 15 is 0 Å². The van der Waals surface area contributed by atoms with Crippen LogP contribution in [0.5, 0.6) is 0 Å². The maximum absolute atomic E-state index is 4.08. The summed E-state index contributed by atoms with van der Waals surface area (Å²) < 4.78 is 0. The Hall–Kier alpha value is -0.790. The van der Waals surface area contributed by atoms with E-state index in [0.29, 0.717) is 0 Å². The van der Waals surface area contributed by atoms with Gasteiger partial charge < -0.3 is 4.98 Å². The first-order valence-electron chi connectivity index (χ1n) is 2.83. The van der Waals surface area contributed by atoms with Gasteiger partial charge in [0.1, 0.15) is 5.82 Å². The zero-order chi connectivity index (χ0) is 5.98. The van der Waals surface area contributed by atoms with Gasteiger partial charge in [-0.1, -0.05) is 6.92 Å². The van der Waals surface area contributed by atoms with Gasteiger partial charge in [0.05, 0.1) is 0 Å². The summed E-state index contributed by atoms with van der Waals surface area (Å²) in [6, 6.07) is 0. The third-order valence-corrected chi connectivity index (χ3v) is 1.09. The first kappa shape index (κ1) is 5.35. The maximum Gasteiger partial charge on any atom is 0.105 e. The molecule has 46 valence electrons. The van der Waals surface area contributed by atoms with Gasteiger partial charge in [0.2, 0.25) is 0 Å². The van der Waals surface area contributed by atoms with E-state index in [4.69, 9.17) is 0 Å². The van der Waals surface area contributed by atoms with E-state index in [1.165, 1.54) is 0 Å². The van der Waals surface area contributed by atoms with E-state index < -0.39 is 0 Å². The van der Waals surface area contributed by atoms with Crippen molar-refractivity contribution in [2.45, 2.75) is 20.3 Å². The molecule has 0 aliphatic rings. The number of aromatic amines is 1. The molecule has 2 heteroatoms. The van der Waals surface area contributed by atoms with Crippen molar-refractivity contribution in [1.82, 2.24) is 9.97 Å². The predicted molar refractivity (Wildman–Crippen MR) is 34.8 cm³/mol. The Labute approximate surface area is 50.4 Å². The number of nitrogens with zero attached hydrogens (tertiary/aromatic N) is 1. The molecule has 0 aliphatic carbocycles. The minimum absolute atomic E-state index is 0. The van der Waals surface area contributed by atoms with Crippen LogP contribution in [-0.4, -0.2) is 9.97 Å². The van der Waals surface area contributed by atoms with Gasteiger partial charge in [-0.3, -0.25) is 0 Å². The van der Waals surface area contributed by atoms with Crippen LogP contribution in [0.1, 0.15) is 19.9 Å². The lowest BCUT2D eigenvalue weighted by Crippen LogP contribution is -1.80. The van der Waals surface area contributed by atoms with Crippen LogP contribution in [0.4, 0.5) is 0 Å². The fourth-order valence-electron chi connectivity index (χ4n) is 0.647. The Morgan fingerprint density at radius 1 is 1.88 bits per heavy atom. The number of aromatic nitrogens is 2. The molecule has 0 aliphatic heterocycles. The Bertz CT molecular complexity index is 171. The van der Waals surface area contributed by atoms with Crippen LogP contribution in [-0.2, 0) is 6.42 Å². The highest BCUT2D eigenvalue weighted by Gasteiger charge is 1.89. The van der Waals surface area contributed by atoms with E-state index in [1.54, 1.807) is 0 Å². The average molecular weight is 112 g/mol. The van der Waals surface area contributed by atoms with Crippen LogP contribution in [0.3, 0.4) is 0 Å². The fraction of sp³-hybridized carbons (Fsp3) is 0.500. The molecule has 0 amide bonds. The number of aryl methyl sites for hydroxylation is 2. The molecule has 0 fully saturated rings. The topological polar surface area (TPSA) is 28.7 Å². The van der Waals surface area contributed by atoms with Gasteiger partial charge in [0.15, 0.2) is 0 Å². The lowest BCUT2D eigenvalue weighted by Gasteiger charge is -1.82. The lowest BCUT2D eigenvalue weighted by molar-refractivity contribution is 0.982. The van der Waals surface area contributed by atoms with E-state index in [9.17, 15) is 0 Å². The Morgan fingerprint density at radius 3 is 2.88 bits per heavy atom. The third kappa shape index (κ3) is 0.886. The van der Waals surface area contributed by atoms with Crippen LogP contribution in [0.15, 0.2) is 6.20 Å². The van der Waals surface area contributed by atoms with Gasteiger partial charge in [0, 0.05) is 19.7 Å². The second-order valence-electron chi connectivity index (χ2n) is 1.87. The highest BCUT2D eigenvalue weighted by Crippen LogP contribution is 1.93. The Balaban J connectivity index is 0.000000640. The van der Waals surface area contributed by atoms with Crippen molar-refractivity contribution in [2.75, 3.05) is 0 Å². The second-order valence-corrected chi connectivity index (χ2v) is 1.87. The molecule has 8 heavy (non-hydrogen) atoms. The minimum Gasteiger partial charge on any atom is -0.346 e. The van der Waals surface area contributed by atoms with Crippen molar-refractivity contribution in [3.8, 4) is 0 Å². The van der Waals surface area contributed by atoms with Gasteiger partial charge in [-0.2, -0.15) is 0 Å². The van der Waals surface area contributed by atoms with Gasteiger partial charge >= 0.3 is 0 Å². The summed E-state index contributed by atoms with van der Waals surface area (Å²) in [6.45, 7) is 4.09. The van der Waals surface area contributed by atoms with Crippen molar-refractivity contribution in [1.29, 1.82) is 0 Å². The first-order valence-corrected chi connectivity index (χ1v) is 2.83. The third-order valence-electron chi connectivity index (χ3n) is 1.09. The normalized spacial score (nSPS) is 9.75. The molecule has 0 saturated carbocycles. The van der Waals surface area contributed by atoms with Gasteiger partial charge in [-0.15, -0.1) is 0 Å². The summed E-state index contributed by atoms with van der Waals surface area (Å²) in [7, 11) is 0. The van der Waals surface area contributed by atoms with Crippen molar-refractivity contribution in [2.24, 2.45) is 0 Å². The molecule has 0 saturated heterocycles. The molecule has 0 spiro atoms. The van der Waals surface area contributed by atoms with Crippen LogP contribution in [0, 0.1) is 6.92 Å². The molecule has 0 aromatic carbocycles. The number of rotatable bonds is 1. The SMILES string of the molecule is CCc1ncc(C)[nH]1.[HH]. The van der Waals surface area contributed by atoms with E-state index in [-0.39, 0.29) is 1.43 Å². The molecule has 1 rings (SSSR count). The predicted octanol–water partition coefficient (Wildman–Crippen LogP) is 1.53. The molecule has 0 radical (unpaired) electrons. The molecule has 1 aromatic rings. The smallest absolute Gasteiger partial charge is 0.105 e. The molecule has 1 heterocycles. The van der Waals surface area contributed by atoms with E-state index in [1.807, 2.05) is 13.1 Å². The molecular weight excluding hydrogens is 100 g/mol. The zero-order valence-electron chi connectivity index (χ0n) is 5.23. The number of imidazole rings is 1. The summed E-state index contributed by atoms with van der Waals surface area (Å²) in [4.78, 5) is 7.19. The van der Waals surface area contributed by atoms with Gasteiger partial charge in [-0.25, -0.2) is 4.98 Å². The van der Waals surface area contributed by atoms with Crippen LogP contribution in [0.25, 0.3) is 0 Å². The number of H-pyrrole nitrogens is 1. The monoisotopic (exact) mass is 112 g/mol. The molecular formula is C6H12N2. The summed E-state index contributed by atoms with van der Waals surface area (Å²) in [5, 5.41) is 0. The van der Waals surface area contributed by atoms with Crippen LogP contribution in [0.2, 0.25) is 0 Å². The van der Waals surface area contributed by atoms with Gasteiger partial charge in [-0.05, 0) is 6.92 Å². The molecule has 0 unspecified atom stereocenters. The van der Waals surface area contributed by atoms with E-state index in [2.05, 4.69) is 16.9 Å². The quantitative estimate of drug-likeness (QED) is 0.586. The van der Waals surface area contributed by atoms with Crippen LogP contribution >= 0.6 is 0 Å². The van der Waals surface area contributed by atoms with E-state index in [0.717, 1.165) is 17.9 Å². The number of hydrogen-bond donors (Lipinski definition) is 1. The molecule has 0 atom stereocenters. The fourth-order valence-corrected chi connectivity index (χ4v) is 0.647. The standard InChI is InChI=1S/C6H10N2.H2/c1-3-6-7-4-5(2)8-6;/h4H,3H2,1-2H3,(H,7,8);1H. The number of nitrogens with one attached hydrogen (secondary N) is 1. The second kappa shape index (κ2) is 1.99. The van der Waals surface area contributed by atoms with Crippen molar-refractivity contribution >= 4 is 0 Å². The Morgan fingerprint density at radius 2 is 2.62 bits per heavy atom. The highest BCUT2D eigenvalue weighted by atomic mass is 14.9. The molecule has 1 N–H and O–H groups in total. The first-order chi connectivity index (χ1) is 3.83. The van der Waals surface area contributed by atoms with Crippen molar-refractivity contribution in [3.63, 3.8) is 0 Å². The van der Waals surface area contributed by atoms with Crippen molar-refractivity contribution in [3.05, 3.63) is 17.7 Å². The molecule has 1 aromatic heterocycles. The van der Waals surface area contributed by atoms with Gasteiger partial charge in [0.25, 0.3) is 0 Å². The number of hydrogen-bond acceptors (Lipinski definition) is 1. The molecule has 0 bridgehead atoms. The Kier molecular flexibility index (Phi) is 1.33. The molecule has 2 nitrogen and oxygen atoms in total. The highest BCUT2D eigenvalue weighted by molar-refractivity contribution is 4.97. The maximum atomic E-state index is 4.08.